The molecule has 2 unspecified atom stereocenters. The van der Waals surface area contributed by atoms with Gasteiger partial charge in [0.2, 0.25) is 0 Å². The number of nitrogens with zero attached hydrogens (tertiary/aromatic N) is 2. The molecule has 25 heavy (non-hydrogen) atoms. The van der Waals surface area contributed by atoms with Crippen LogP contribution in [0.15, 0.2) is 21.5 Å². The number of aliphatic imine (C=N–C) groups is 1. The third-order valence-corrected chi connectivity index (χ3v) is 4.62. The predicted molar refractivity (Wildman–Crippen MR) is 108 cm³/mol. The van der Waals surface area contributed by atoms with Crippen LogP contribution in [-0.2, 0) is 6.54 Å². The summed E-state index contributed by atoms with van der Waals surface area (Å²) < 4.78 is 5.37. The highest BCUT2D eigenvalue weighted by atomic mass is 127. The summed E-state index contributed by atoms with van der Waals surface area (Å²) >= 11 is 0. The minimum atomic E-state index is -0.560. The molecule has 140 valence electrons. The molecule has 2 atom stereocenters. The number of guanidine groups is 1. The third kappa shape index (κ3) is 5.34. The fourth-order valence-electron chi connectivity index (χ4n) is 3.34. The first-order chi connectivity index (χ1) is 11.6. The van der Waals surface area contributed by atoms with Crippen LogP contribution >= 0.6 is 24.0 Å². The Kier molecular flexibility index (Phi) is 7.12. The second-order valence-corrected chi connectivity index (χ2v) is 6.68. The van der Waals surface area contributed by atoms with Crippen molar-refractivity contribution in [2.75, 3.05) is 13.1 Å². The Hall–Kier alpha value is -1.29. The summed E-state index contributed by atoms with van der Waals surface area (Å²) in [6, 6.07) is 5.15. The molecule has 0 aromatic carbocycles. The van der Waals surface area contributed by atoms with Crippen molar-refractivity contribution in [3.05, 3.63) is 23.7 Å². The minimum Gasteiger partial charge on any atom is -0.454 e. The van der Waals surface area contributed by atoms with Gasteiger partial charge in [-0.3, -0.25) is 9.69 Å². The highest BCUT2D eigenvalue weighted by Crippen LogP contribution is 2.33. The Labute approximate surface area is 165 Å². The van der Waals surface area contributed by atoms with Crippen LogP contribution < -0.4 is 16.4 Å². The Balaban J connectivity index is 0.00000225. The molecule has 0 radical (unpaired) electrons. The number of halogens is 1. The molecule has 1 aromatic rings. The second-order valence-electron chi connectivity index (χ2n) is 6.68. The Morgan fingerprint density at radius 2 is 2.20 bits per heavy atom. The summed E-state index contributed by atoms with van der Waals surface area (Å²) in [5.41, 5.74) is 5.20. The first-order valence-corrected chi connectivity index (χ1v) is 8.76. The highest BCUT2D eigenvalue weighted by Gasteiger charge is 2.38. The molecule has 1 aliphatic heterocycles. The quantitative estimate of drug-likeness (QED) is 0.341. The molecule has 8 heteroatoms. The van der Waals surface area contributed by atoms with Gasteiger partial charge >= 0.3 is 0 Å². The molecule has 1 amide bonds. The van der Waals surface area contributed by atoms with Crippen molar-refractivity contribution < 1.29 is 9.21 Å². The minimum absolute atomic E-state index is 0. The van der Waals surface area contributed by atoms with Gasteiger partial charge in [-0.15, -0.1) is 24.0 Å². The van der Waals surface area contributed by atoms with Crippen molar-refractivity contribution in [1.82, 2.24) is 15.5 Å². The molecular formula is C17H28IN5O2. The first-order valence-electron chi connectivity index (χ1n) is 8.76. The maximum Gasteiger partial charge on any atom is 0.284 e. The van der Waals surface area contributed by atoms with E-state index in [2.05, 4.69) is 27.4 Å². The number of likely N-dealkylation sites (tertiary alicyclic amines) is 1. The molecule has 4 N–H and O–H groups in total. The van der Waals surface area contributed by atoms with E-state index in [0.29, 0.717) is 24.4 Å². The number of amides is 1. The number of nitrogens with two attached hydrogens (primary N) is 1. The van der Waals surface area contributed by atoms with Crippen LogP contribution in [0.25, 0.3) is 0 Å². The van der Waals surface area contributed by atoms with E-state index in [0.717, 1.165) is 31.5 Å². The molecular weight excluding hydrogens is 433 g/mol. The van der Waals surface area contributed by atoms with Crippen LogP contribution in [0.4, 0.5) is 0 Å². The first kappa shape index (κ1) is 20.0. The summed E-state index contributed by atoms with van der Waals surface area (Å²) in [6.45, 7) is 6.59. The Morgan fingerprint density at radius 3 is 2.80 bits per heavy atom. The van der Waals surface area contributed by atoms with E-state index >= 15 is 0 Å². The lowest BCUT2D eigenvalue weighted by atomic mass is 10.2. The lowest BCUT2D eigenvalue weighted by molar-refractivity contribution is 0.0972. The fourth-order valence-corrected chi connectivity index (χ4v) is 3.34. The van der Waals surface area contributed by atoms with Crippen LogP contribution in [0, 0.1) is 0 Å². The van der Waals surface area contributed by atoms with Crippen molar-refractivity contribution in [3.8, 4) is 0 Å². The van der Waals surface area contributed by atoms with E-state index in [-0.39, 0.29) is 29.7 Å². The normalized spacial score (nSPS) is 24.0. The monoisotopic (exact) mass is 461 g/mol. The lowest BCUT2D eigenvalue weighted by Gasteiger charge is -2.20. The van der Waals surface area contributed by atoms with Gasteiger partial charge in [-0.05, 0) is 45.2 Å². The molecule has 7 nitrogen and oxygen atoms in total. The highest BCUT2D eigenvalue weighted by molar-refractivity contribution is 14.0. The number of rotatable bonds is 6. The summed E-state index contributed by atoms with van der Waals surface area (Å²) in [4.78, 5) is 18.2. The third-order valence-electron chi connectivity index (χ3n) is 4.62. The van der Waals surface area contributed by atoms with Crippen molar-refractivity contribution >= 4 is 35.8 Å². The van der Waals surface area contributed by atoms with E-state index in [9.17, 15) is 4.79 Å². The van der Waals surface area contributed by atoms with Crippen molar-refractivity contribution in [3.63, 3.8) is 0 Å². The van der Waals surface area contributed by atoms with Crippen molar-refractivity contribution in [2.24, 2.45) is 10.7 Å². The smallest absolute Gasteiger partial charge is 0.284 e. The zero-order chi connectivity index (χ0) is 17.1. The standard InChI is InChI=1S/C17H27N5O2.HI/c1-3-19-17(20-9-14-6-7-15(24-14)16(18)23)21-12-8-11(2)22(10-12)13-4-5-13;/h6-7,11-13H,3-5,8-10H2,1-2H3,(H2,18,23)(H2,19,20,21);1H. The molecule has 1 aliphatic carbocycles. The van der Waals surface area contributed by atoms with E-state index in [4.69, 9.17) is 10.2 Å². The second kappa shape index (κ2) is 8.88. The average molecular weight is 461 g/mol. The Morgan fingerprint density at radius 1 is 1.44 bits per heavy atom. The van der Waals surface area contributed by atoms with Gasteiger partial charge in [-0.25, -0.2) is 4.99 Å². The molecule has 1 aromatic heterocycles. The SMILES string of the molecule is CCNC(=NCc1ccc(C(N)=O)o1)NC1CC(C)N(C2CC2)C1.I. The molecule has 0 spiro atoms. The fraction of sp³-hybridized carbons (Fsp3) is 0.647. The number of primary amides is 1. The van der Waals surface area contributed by atoms with Gasteiger partial charge in [0.15, 0.2) is 11.7 Å². The van der Waals surface area contributed by atoms with Crippen LogP contribution in [0.5, 0.6) is 0 Å². The maximum absolute atomic E-state index is 11.1. The summed E-state index contributed by atoms with van der Waals surface area (Å²) in [6.07, 6.45) is 3.81. The van der Waals surface area contributed by atoms with E-state index in [1.807, 2.05) is 6.92 Å². The van der Waals surface area contributed by atoms with Gasteiger partial charge in [0.05, 0.1) is 0 Å². The number of furan rings is 1. The summed E-state index contributed by atoms with van der Waals surface area (Å²) in [7, 11) is 0. The van der Waals surface area contributed by atoms with Crippen molar-refractivity contribution in [2.45, 2.75) is 57.8 Å². The molecule has 2 fully saturated rings. The molecule has 3 rings (SSSR count). The average Bonchev–Trinajstić information content (AvgIpc) is 3.14. The van der Waals surface area contributed by atoms with E-state index in [1.54, 1.807) is 12.1 Å². The van der Waals surface area contributed by atoms with Crippen molar-refractivity contribution in [1.29, 1.82) is 0 Å². The summed E-state index contributed by atoms with van der Waals surface area (Å²) in [5.74, 6) is 1.02. The van der Waals surface area contributed by atoms with Crippen LogP contribution in [0.2, 0.25) is 0 Å². The zero-order valence-electron chi connectivity index (χ0n) is 14.8. The van der Waals surface area contributed by atoms with Gasteiger partial charge in [0, 0.05) is 31.2 Å². The van der Waals surface area contributed by atoms with Crippen LogP contribution in [0.3, 0.4) is 0 Å². The molecule has 0 bridgehead atoms. The van der Waals surface area contributed by atoms with Gasteiger partial charge in [-0.1, -0.05) is 0 Å². The maximum atomic E-state index is 11.1. The zero-order valence-corrected chi connectivity index (χ0v) is 17.2. The van der Waals surface area contributed by atoms with E-state index in [1.165, 1.54) is 12.8 Å². The van der Waals surface area contributed by atoms with Gasteiger partial charge < -0.3 is 20.8 Å². The topological polar surface area (TPSA) is 95.9 Å². The molecule has 1 saturated heterocycles. The lowest BCUT2D eigenvalue weighted by Crippen LogP contribution is -2.44. The summed E-state index contributed by atoms with van der Waals surface area (Å²) in [5, 5.41) is 6.79. The number of hydrogen-bond donors (Lipinski definition) is 3. The molecule has 2 heterocycles. The predicted octanol–water partition coefficient (Wildman–Crippen LogP) is 1.68. The van der Waals surface area contributed by atoms with E-state index < -0.39 is 5.91 Å². The molecule has 2 aliphatic rings. The number of carbonyl (C=O) groups excluding carboxylic acids is 1. The van der Waals surface area contributed by atoms with Crippen LogP contribution in [-0.4, -0.2) is 48.0 Å². The molecule has 1 saturated carbocycles. The Bertz CT molecular complexity index is 614. The van der Waals surface area contributed by atoms with Gasteiger partial charge in [0.25, 0.3) is 5.91 Å². The largest absolute Gasteiger partial charge is 0.454 e. The van der Waals surface area contributed by atoms with Gasteiger partial charge in [-0.2, -0.15) is 0 Å². The number of carbonyl (C=O) groups is 1. The number of hydrogen-bond acceptors (Lipinski definition) is 4. The number of nitrogens with one attached hydrogen (secondary N) is 2. The van der Waals surface area contributed by atoms with Gasteiger partial charge in [0.1, 0.15) is 12.3 Å². The van der Waals surface area contributed by atoms with Crippen LogP contribution in [0.1, 0.15) is 49.4 Å².